The van der Waals surface area contributed by atoms with Crippen molar-refractivity contribution in [1.29, 1.82) is 0 Å². The van der Waals surface area contributed by atoms with Crippen LogP contribution in [-0.2, 0) is 0 Å². The zero-order valence-corrected chi connectivity index (χ0v) is 9.34. The average molecular weight is 218 g/mol. The molecule has 0 aliphatic carbocycles. The highest BCUT2D eigenvalue weighted by Gasteiger charge is 2.08. The van der Waals surface area contributed by atoms with Gasteiger partial charge in [0.05, 0.1) is 0 Å². The number of nitrogens with zero attached hydrogens (tertiary/aromatic N) is 3. The van der Waals surface area contributed by atoms with Gasteiger partial charge in [0.15, 0.2) is 0 Å². The van der Waals surface area contributed by atoms with E-state index in [1.54, 1.807) is 6.20 Å². The second-order valence-corrected chi connectivity index (χ2v) is 3.91. The van der Waals surface area contributed by atoms with E-state index in [9.17, 15) is 0 Å². The van der Waals surface area contributed by atoms with Crippen molar-refractivity contribution < 1.29 is 4.52 Å². The predicted octanol–water partition coefficient (Wildman–Crippen LogP) is 2.20. The summed E-state index contributed by atoms with van der Waals surface area (Å²) < 4.78 is 5.06. The summed E-state index contributed by atoms with van der Waals surface area (Å²) in [5, 5.41) is 6.92. The number of anilines is 1. The van der Waals surface area contributed by atoms with Crippen LogP contribution in [0.25, 0.3) is 11.5 Å². The van der Waals surface area contributed by atoms with Gasteiger partial charge in [-0.25, -0.2) is 0 Å². The van der Waals surface area contributed by atoms with Gasteiger partial charge in [-0.3, -0.25) is 4.98 Å². The van der Waals surface area contributed by atoms with Gasteiger partial charge in [-0.15, -0.1) is 0 Å². The normalized spacial score (nSPS) is 10.7. The van der Waals surface area contributed by atoms with E-state index in [0.717, 1.165) is 6.54 Å². The lowest BCUT2D eigenvalue weighted by atomic mass is 10.2. The molecule has 0 bridgehead atoms. The summed E-state index contributed by atoms with van der Waals surface area (Å²) in [4.78, 5) is 8.35. The van der Waals surface area contributed by atoms with Crippen LogP contribution in [0.1, 0.15) is 13.8 Å². The Labute approximate surface area is 93.9 Å². The third kappa shape index (κ3) is 2.56. The van der Waals surface area contributed by atoms with E-state index < -0.39 is 0 Å². The highest BCUT2D eigenvalue weighted by Crippen LogP contribution is 2.14. The van der Waals surface area contributed by atoms with Crippen LogP contribution in [0.2, 0.25) is 0 Å². The van der Waals surface area contributed by atoms with Crippen LogP contribution in [0.15, 0.2) is 28.9 Å². The zero-order valence-electron chi connectivity index (χ0n) is 9.34. The van der Waals surface area contributed by atoms with E-state index >= 15 is 0 Å². The molecule has 0 fully saturated rings. The standard InChI is InChI=1S/C11H14N4O/c1-8(2)7-13-11-14-10(15-16-11)9-5-3-4-6-12-9/h3-6,8H,7H2,1-2H3,(H,13,14,15). The van der Waals surface area contributed by atoms with Crippen LogP contribution < -0.4 is 5.32 Å². The summed E-state index contributed by atoms with van der Waals surface area (Å²) in [5.41, 5.74) is 0.712. The van der Waals surface area contributed by atoms with Crippen LogP contribution in [0.5, 0.6) is 0 Å². The van der Waals surface area contributed by atoms with Crippen LogP contribution in [0, 0.1) is 5.92 Å². The van der Waals surface area contributed by atoms with Crippen LogP contribution in [0.4, 0.5) is 6.01 Å². The molecule has 2 aromatic heterocycles. The zero-order chi connectivity index (χ0) is 11.4. The second-order valence-electron chi connectivity index (χ2n) is 3.91. The molecule has 5 heteroatoms. The van der Waals surface area contributed by atoms with Crippen molar-refractivity contribution in [3.63, 3.8) is 0 Å². The molecule has 0 atom stereocenters. The summed E-state index contributed by atoms with van der Waals surface area (Å²) in [6.45, 7) is 5.04. The monoisotopic (exact) mass is 218 g/mol. The Morgan fingerprint density at radius 1 is 1.38 bits per heavy atom. The quantitative estimate of drug-likeness (QED) is 0.852. The molecule has 0 radical (unpaired) electrons. The number of rotatable bonds is 4. The predicted molar refractivity (Wildman–Crippen MR) is 60.9 cm³/mol. The average Bonchev–Trinajstić information content (AvgIpc) is 2.76. The molecule has 2 aromatic rings. The summed E-state index contributed by atoms with van der Waals surface area (Å²) in [5.74, 6) is 1.04. The second kappa shape index (κ2) is 4.74. The van der Waals surface area contributed by atoms with E-state index in [2.05, 4.69) is 34.3 Å². The van der Waals surface area contributed by atoms with Gasteiger partial charge in [-0.05, 0) is 18.1 Å². The van der Waals surface area contributed by atoms with Gasteiger partial charge in [0, 0.05) is 12.7 Å². The summed E-state index contributed by atoms with van der Waals surface area (Å²) in [6.07, 6.45) is 1.70. The van der Waals surface area contributed by atoms with Gasteiger partial charge >= 0.3 is 6.01 Å². The molecular formula is C11H14N4O. The van der Waals surface area contributed by atoms with Crippen molar-refractivity contribution in [2.75, 3.05) is 11.9 Å². The number of pyridine rings is 1. The Morgan fingerprint density at radius 2 is 2.25 bits per heavy atom. The van der Waals surface area contributed by atoms with Gasteiger partial charge in [0.2, 0.25) is 5.82 Å². The Morgan fingerprint density at radius 3 is 2.94 bits per heavy atom. The van der Waals surface area contributed by atoms with Gasteiger partial charge in [-0.1, -0.05) is 25.1 Å². The molecule has 0 aromatic carbocycles. The molecule has 0 spiro atoms. The van der Waals surface area contributed by atoms with Crippen molar-refractivity contribution in [3.05, 3.63) is 24.4 Å². The molecule has 84 valence electrons. The molecule has 5 nitrogen and oxygen atoms in total. The molecule has 0 unspecified atom stereocenters. The van der Waals surface area contributed by atoms with E-state index in [1.165, 1.54) is 0 Å². The molecule has 0 aliphatic heterocycles. The maximum atomic E-state index is 5.06. The minimum absolute atomic E-state index is 0.439. The summed E-state index contributed by atoms with van der Waals surface area (Å²) in [7, 11) is 0. The maximum absolute atomic E-state index is 5.06. The Bertz CT molecular complexity index is 438. The third-order valence-electron chi connectivity index (χ3n) is 1.98. The number of aromatic nitrogens is 3. The van der Waals surface area contributed by atoms with E-state index in [-0.39, 0.29) is 0 Å². The summed E-state index contributed by atoms with van der Waals surface area (Å²) >= 11 is 0. The lowest BCUT2D eigenvalue weighted by molar-refractivity contribution is 0.429. The number of hydrogen-bond acceptors (Lipinski definition) is 5. The summed E-state index contributed by atoms with van der Waals surface area (Å²) in [6, 6.07) is 6.02. The minimum Gasteiger partial charge on any atom is -0.337 e. The van der Waals surface area contributed by atoms with Gasteiger partial charge < -0.3 is 9.84 Å². The molecule has 1 N–H and O–H groups in total. The Hall–Kier alpha value is -1.91. The highest BCUT2D eigenvalue weighted by molar-refractivity contribution is 5.49. The first-order valence-corrected chi connectivity index (χ1v) is 5.24. The lowest BCUT2D eigenvalue weighted by Crippen LogP contribution is -2.07. The molecule has 0 saturated carbocycles. The first kappa shape index (κ1) is 10.6. The van der Waals surface area contributed by atoms with Crippen molar-refractivity contribution in [2.24, 2.45) is 5.92 Å². The fraction of sp³-hybridized carbons (Fsp3) is 0.364. The van der Waals surface area contributed by atoms with E-state index in [0.29, 0.717) is 23.5 Å². The lowest BCUT2D eigenvalue weighted by Gasteiger charge is -2.02. The largest absolute Gasteiger partial charge is 0.337 e. The minimum atomic E-state index is 0.439. The van der Waals surface area contributed by atoms with Crippen molar-refractivity contribution in [3.8, 4) is 11.5 Å². The van der Waals surface area contributed by atoms with Gasteiger partial charge in [0.25, 0.3) is 0 Å². The van der Waals surface area contributed by atoms with E-state index in [4.69, 9.17) is 4.52 Å². The molecule has 16 heavy (non-hydrogen) atoms. The number of nitrogens with one attached hydrogen (secondary N) is 1. The molecule has 2 rings (SSSR count). The smallest absolute Gasteiger partial charge is 0.321 e. The maximum Gasteiger partial charge on any atom is 0.321 e. The molecule has 0 amide bonds. The highest BCUT2D eigenvalue weighted by atomic mass is 16.5. The SMILES string of the molecule is CC(C)CNc1nc(-c2ccccn2)no1. The molecular weight excluding hydrogens is 204 g/mol. The van der Waals surface area contributed by atoms with E-state index in [1.807, 2.05) is 18.2 Å². The fourth-order valence-corrected chi connectivity index (χ4v) is 1.19. The van der Waals surface area contributed by atoms with Gasteiger partial charge in [0.1, 0.15) is 5.69 Å². The molecule has 2 heterocycles. The van der Waals surface area contributed by atoms with Crippen molar-refractivity contribution in [1.82, 2.24) is 15.1 Å². The Balaban J connectivity index is 2.08. The van der Waals surface area contributed by atoms with Crippen molar-refractivity contribution in [2.45, 2.75) is 13.8 Å². The molecule has 0 aliphatic rings. The third-order valence-corrected chi connectivity index (χ3v) is 1.98. The van der Waals surface area contributed by atoms with Crippen LogP contribution >= 0.6 is 0 Å². The number of hydrogen-bond donors (Lipinski definition) is 1. The van der Waals surface area contributed by atoms with Crippen LogP contribution in [-0.4, -0.2) is 21.7 Å². The van der Waals surface area contributed by atoms with Crippen molar-refractivity contribution >= 4 is 6.01 Å². The molecule has 0 saturated heterocycles. The van der Waals surface area contributed by atoms with Gasteiger partial charge in [-0.2, -0.15) is 4.98 Å². The fourth-order valence-electron chi connectivity index (χ4n) is 1.19. The van der Waals surface area contributed by atoms with Crippen LogP contribution in [0.3, 0.4) is 0 Å². The first-order valence-electron chi connectivity index (χ1n) is 5.24. The Kier molecular flexibility index (Phi) is 3.14. The first-order chi connectivity index (χ1) is 7.75. The topological polar surface area (TPSA) is 63.8 Å².